The molecule has 1 aliphatic rings. The molecule has 0 aliphatic carbocycles. The molecule has 0 fully saturated rings. The first-order valence-corrected chi connectivity index (χ1v) is 12.2. The minimum absolute atomic E-state index is 0.239. The van der Waals surface area contributed by atoms with Gasteiger partial charge in [-0.3, -0.25) is 8.63 Å². The summed E-state index contributed by atoms with van der Waals surface area (Å²) >= 11 is 0. The lowest BCUT2D eigenvalue weighted by atomic mass is 10.1. The summed E-state index contributed by atoms with van der Waals surface area (Å²) in [6.07, 6.45) is 3.26. The summed E-state index contributed by atoms with van der Waals surface area (Å²) in [6.45, 7) is 0. The minimum atomic E-state index is -2.81. The zero-order valence-electron chi connectivity index (χ0n) is 22.0. The summed E-state index contributed by atoms with van der Waals surface area (Å²) in [6, 6.07) is 15.5. The monoisotopic (exact) mass is 544 g/mol. The molecule has 0 bridgehead atoms. The molecule has 3 aromatic heterocycles. The molecular weight excluding hydrogens is 521 g/mol. The maximum atomic E-state index is 14.3. The predicted octanol–water partition coefficient (Wildman–Crippen LogP) is 5.42. The third-order valence-electron chi connectivity index (χ3n) is 6.66. The van der Waals surface area contributed by atoms with Crippen molar-refractivity contribution in [2.24, 2.45) is 4.99 Å². The SMILES string of the molecule is COc1ccc(OC)c(-c2cc3c(o2)=C/C(=C/c2cc4oc(-c5cc(OC)ccc5OC)cc4n2B(F)F)N=3)c1. The molecule has 0 saturated carbocycles. The molecule has 202 valence electrons. The smallest absolute Gasteiger partial charge is 0.497 e. The molecule has 4 heterocycles. The largest absolute Gasteiger partial charge is 0.678 e. The van der Waals surface area contributed by atoms with Crippen LogP contribution in [0.4, 0.5) is 8.63 Å². The van der Waals surface area contributed by atoms with Gasteiger partial charge < -0.3 is 32.3 Å². The van der Waals surface area contributed by atoms with Crippen LogP contribution >= 0.6 is 0 Å². The van der Waals surface area contributed by atoms with Crippen molar-refractivity contribution in [2.45, 2.75) is 0 Å². The standard InChI is InChI=1S/C29H23BF2N2O6/c1-35-18-5-7-24(37-3)20(12-18)26-14-22-28(39-26)10-16(33-22)9-17-11-29-23(34(17)30(31)32)15-27(40-29)21-13-19(36-2)6-8-25(21)38-4/h5-15H,1-4H3/b16-9-. The Hall–Kier alpha value is -4.93. The molecule has 2 aromatic carbocycles. The van der Waals surface area contributed by atoms with Crippen molar-refractivity contribution < 1.29 is 36.4 Å². The van der Waals surface area contributed by atoms with Crippen LogP contribution in [0.1, 0.15) is 5.69 Å². The molecule has 0 N–H and O–H groups in total. The average Bonchev–Trinajstić information content (AvgIpc) is 3.71. The summed E-state index contributed by atoms with van der Waals surface area (Å²) in [5.41, 5.74) is 3.05. The summed E-state index contributed by atoms with van der Waals surface area (Å²) in [5, 5.41) is 0.581. The number of furan rings is 2. The minimum Gasteiger partial charge on any atom is -0.497 e. The maximum absolute atomic E-state index is 14.3. The fourth-order valence-electron chi connectivity index (χ4n) is 4.76. The number of benzene rings is 2. The van der Waals surface area contributed by atoms with Crippen LogP contribution in [-0.4, -0.2) is 40.3 Å². The number of nitrogens with zero attached hydrogens (tertiary/aromatic N) is 2. The van der Waals surface area contributed by atoms with Crippen LogP contribution in [0.15, 0.2) is 74.1 Å². The normalized spacial score (nSPS) is 13.2. The van der Waals surface area contributed by atoms with Crippen LogP contribution in [0.2, 0.25) is 0 Å². The molecule has 6 rings (SSSR count). The van der Waals surface area contributed by atoms with Crippen LogP contribution in [-0.2, 0) is 0 Å². The highest BCUT2D eigenvalue weighted by molar-refractivity contribution is 6.43. The number of fused-ring (bicyclic) bond motifs is 2. The molecule has 5 aromatic rings. The quantitative estimate of drug-likeness (QED) is 0.243. The Kier molecular flexibility index (Phi) is 6.34. The number of methoxy groups -OCH3 is 4. The number of allylic oxidation sites excluding steroid dienone is 1. The highest BCUT2D eigenvalue weighted by Crippen LogP contribution is 2.38. The lowest BCUT2D eigenvalue weighted by molar-refractivity contribution is 0.403. The Bertz CT molecular complexity index is 1870. The third kappa shape index (κ3) is 4.29. The van der Waals surface area contributed by atoms with E-state index < -0.39 is 7.40 Å². The van der Waals surface area contributed by atoms with Gasteiger partial charge in [0.05, 0.1) is 50.8 Å². The Morgan fingerprint density at radius 2 is 1.40 bits per heavy atom. The van der Waals surface area contributed by atoms with Gasteiger partial charge in [-0.2, -0.15) is 0 Å². The van der Waals surface area contributed by atoms with E-state index in [1.807, 2.05) is 6.07 Å². The zero-order valence-corrected chi connectivity index (χ0v) is 22.0. The van der Waals surface area contributed by atoms with Crippen molar-refractivity contribution in [3.8, 4) is 45.6 Å². The van der Waals surface area contributed by atoms with E-state index in [4.69, 9.17) is 27.8 Å². The number of hydrogen-bond acceptors (Lipinski definition) is 7. The maximum Gasteiger partial charge on any atom is 0.678 e. The summed E-state index contributed by atoms with van der Waals surface area (Å²) in [7, 11) is 3.41. The van der Waals surface area contributed by atoms with Gasteiger partial charge in [-0.1, -0.05) is 0 Å². The fourth-order valence-corrected chi connectivity index (χ4v) is 4.76. The van der Waals surface area contributed by atoms with Gasteiger partial charge in [0.1, 0.15) is 39.9 Å². The number of hydrogen-bond donors (Lipinski definition) is 0. The van der Waals surface area contributed by atoms with E-state index in [0.29, 0.717) is 67.7 Å². The molecule has 8 nitrogen and oxygen atoms in total. The van der Waals surface area contributed by atoms with Crippen LogP contribution in [0.3, 0.4) is 0 Å². The molecule has 0 atom stereocenters. The highest BCUT2D eigenvalue weighted by Gasteiger charge is 2.26. The van der Waals surface area contributed by atoms with Crippen LogP contribution in [0.25, 0.3) is 45.9 Å². The van der Waals surface area contributed by atoms with Crippen molar-refractivity contribution in [1.29, 1.82) is 0 Å². The second kappa shape index (κ2) is 9.99. The summed E-state index contributed by atoms with van der Waals surface area (Å²) in [4.78, 5) is 4.57. The topological polar surface area (TPSA) is 80.5 Å². The van der Waals surface area contributed by atoms with Crippen molar-refractivity contribution in [3.63, 3.8) is 0 Å². The van der Waals surface area contributed by atoms with E-state index in [2.05, 4.69) is 4.99 Å². The first-order valence-electron chi connectivity index (χ1n) is 12.2. The van der Waals surface area contributed by atoms with Crippen LogP contribution < -0.4 is 29.7 Å². The van der Waals surface area contributed by atoms with E-state index in [9.17, 15) is 8.63 Å². The van der Waals surface area contributed by atoms with E-state index in [1.54, 1.807) is 82.0 Å². The van der Waals surface area contributed by atoms with Crippen LogP contribution in [0, 0.1) is 0 Å². The average molecular weight is 544 g/mol. The molecule has 0 spiro atoms. The van der Waals surface area contributed by atoms with Gasteiger partial charge in [-0.15, -0.1) is 0 Å². The molecule has 0 saturated heterocycles. The lowest BCUT2D eigenvalue weighted by Gasteiger charge is -2.08. The Balaban J connectivity index is 1.37. The molecule has 11 heteroatoms. The fraction of sp³-hybridized carbons (Fsp3) is 0.138. The van der Waals surface area contributed by atoms with E-state index >= 15 is 0 Å². The van der Waals surface area contributed by atoms with E-state index in [1.165, 1.54) is 7.11 Å². The van der Waals surface area contributed by atoms with Gasteiger partial charge in [0.25, 0.3) is 0 Å². The third-order valence-corrected chi connectivity index (χ3v) is 6.66. The van der Waals surface area contributed by atoms with Crippen molar-refractivity contribution in [1.82, 2.24) is 4.48 Å². The first kappa shape index (κ1) is 25.4. The Labute approximate surface area is 227 Å². The van der Waals surface area contributed by atoms with Crippen molar-refractivity contribution in [3.05, 3.63) is 76.8 Å². The Morgan fingerprint density at radius 3 is 1.95 bits per heavy atom. The van der Waals surface area contributed by atoms with Gasteiger partial charge in [-0.05, 0) is 42.5 Å². The lowest BCUT2D eigenvalue weighted by Crippen LogP contribution is -2.14. The molecule has 1 aliphatic heterocycles. The molecular formula is C29H23BF2N2O6. The summed E-state index contributed by atoms with van der Waals surface area (Å²) < 4.78 is 63.0. The van der Waals surface area contributed by atoms with Crippen molar-refractivity contribution >= 4 is 30.7 Å². The number of aromatic nitrogens is 1. The molecule has 0 unspecified atom stereocenters. The van der Waals surface area contributed by atoms with Gasteiger partial charge in [0.15, 0.2) is 11.0 Å². The predicted molar refractivity (Wildman–Crippen MR) is 147 cm³/mol. The molecule has 0 radical (unpaired) electrons. The van der Waals surface area contributed by atoms with Gasteiger partial charge in [0, 0.05) is 30.0 Å². The zero-order chi connectivity index (χ0) is 28.0. The van der Waals surface area contributed by atoms with Gasteiger partial charge in [-0.25, -0.2) is 4.99 Å². The Morgan fingerprint density at radius 1 is 0.775 bits per heavy atom. The number of halogens is 2. The summed E-state index contributed by atoms with van der Waals surface area (Å²) in [5.74, 6) is 3.32. The number of rotatable bonds is 8. The van der Waals surface area contributed by atoms with E-state index in [0.717, 1.165) is 4.48 Å². The van der Waals surface area contributed by atoms with Crippen LogP contribution in [0.5, 0.6) is 23.0 Å². The second-order valence-corrected chi connectivity index (χ2v) is 8.89. The van der Waals surface area contributed by atoms with Gasteiger partial charge in [0.2, 0.25) is 0 Å². The first-order chi connectivity index (χ1) is 19.4. The van der Waals surface area contributed by atoms with E-state index in [-0.39, 0.29) is 11.2 Å². The second-order valence-electron chi connectivity index (χ2n) is 8.89. The highest BCUT2D eigenvalue weighted by atomic mass is 19.2. The molecule has 40 heavy (non-hydrogen) atoms. The molecule has 0 amide bonds. The van der Waals surface area contributed by atoms with Gasteiger partial charge >= 0.3 is 7.40 Å². The number of ether oxygens (including phenoxy) is 4. The van der Waals surface area contributed by atoms with Crippen molar-refractivity contribution in [2.75, 3.05) is 28.4 Å².